The number of hydrogen-bond donors (Lipinski definition) is 1. The highest BCUT2D eigenvalue weighted by Crippen LogP contribution is 2.30. The van der Waals surface area contributed by atoms with E-state index in [1.165, 1.54) is 6.39 Å². The summed E-state index contributed by atoms with van der Waals surface area (Å²) in [5.74, 6) is 1.85. The zero-order valence-electron chi connectivity index (χ0n) is 8.30. The maximum Gasteiger partial charge on any atom is 0.181 e. The van der Waals surface area contributed by atoms with Crippen molar-refractivity contribution in [2.24, 2.45) is 0 Å². The minimum atomic E-state index is 0.309. The number of nitrogens with zero attached hydrogens (tertiary/aromatic N) is 1. The fourth-order valence-corrected chi connectivity index (χ4v) is 2.15. The topological polar surface area (TPSA) is 46.3 Å². The number of benzene rings is 1. The molecule has 1 heterocycles. The second kappa shape index (κ2) is 4.40. The van der Waals surface area contributed by atoms with Gasteiger partial charge < -0.3 is 9.52 Å². The summed E-state index contributed by atoms with van der Waals surface area (Å²) < 4.78 is 5.10. The Bertz CT molecular complexity index is 453. The number of para-hydroxylation sites is 1. The quantitative estimate of drug-likeness (QED) is 0.809. The van der Waals surface area contributed by atoms with Crippen molar-refractivity contribution >= 4 is 11.8 Å². The Hall–Kier alpha value is -1.42. The van der Waals surface area contributed by atoms with Crippen molar-refractivity contribution in [3.05, 3.63) is 42.1 Å². The molecule has 0 amide bonds. The zero-order chi connectivity index (χ0) is 10.7. The van der Waals surface area contributed by atoms with Crippen molar-refractivity contribution in [3.8, 4) is 5.75 Å². The van der Waals surface area contributed by atoms with Crippen LogP contribution in [0.25, 0.3) is 0 Å². The summed E-state index contributed by atoms with van der Waals surface area (Å²) in [6.07, 6.45) is 1.44. The Morgan fingerprint density at radius 2 is 2.20 bits per heavy atom. The summed E-state index contributed by atoms with van der Waals surface area (Å²) in [7, 11) is 0. The molecule has 0 unspecified atom stereocenters. The number of hydrogen-bond acceptors (Lipinski definition) is 4. The molecule has 0 bridgehead atoms. The Kier molecular flexibility index (Phi) is 2.97. The van der Waals surface area contributed by atoms with Crippen molar-refractivity contribution in [2.75, 3.05) is 0 Å². The van der Waals surface area contributed by atoms with Crippen molar-refractivity contribution in [3.63, 3.8) is 0 Å². The highest BCUT2D eigenvalue weighted by molar-refractivity contribution is 7.98. The van der Waals surface area contributed by atoms with Gasteiger partial charge in [0.2, 0.25) is 0 Å². The Labute approximate surface area is 92.1 Å². The van der Waals surface area contributed by atoms with Gasteiger partial charge in [-0.1, -0.05) is 12.1 Å². The highest BCUT2D eigenvalue weighted by atomic mass is 32.2. The number of aromatic hydroxyl groups is 1. The van der Waals surface area contributed by atoms with E-state index in [2.05, 4.69) is 4.98 Å². The van der Waals surface area contributed by atoms with Crippen molar-refractivity contribution in [1.29, 1.82) is 0 Å². The predicted octanol–water partition coefficient (Wildman–Crippen LogP) is 2.98. The van der Waals surface area contributed by atoms with Gasteiger partial charge in [0.05, 0.1) is 5.69 Å². The van der Waals surface area contributed by atoms with Crippen LogP contribution < -0.4 is 0 Å². The van der Waals surface area contributed by atoms with Crippen molar-refractivity contribution < 1.29 is 9.52 Å². The third kappa shape index (κ3) is 2.33. The maximum absolute atomic E-state index is 9.54. The number of aryl methyl sites for hydroxylation is 1. The Morgan fingerprint density at radius 3 is 2.87 bits per heavy atom. The van der Waals surface area contributed by atoms with E-state index in [9.17, 15) is 5.11 Å². The lowest BCUT2D eigenvalue weighted by atomic mass is 10.3. The molecule has 1 aromatic carbocycles. The van der Waals surface area contributed by atoms with Crippen LogP contribution in [0.1, 0.15) is 11.5 Å². The molecule has 0 saturated carbocycles. The van der Waals surface area contributed by atoms with E-state index in [4.69, 9.17) is 4.42 Å². The lowest BCUT2D eigenvalue weighted by Gasteiger charge is -2.02. The fourth-order valence-electron chi connectivity index (χ4n) is 1.19. The standard InChI is InChI=1S/C11H11NO2S/c1-8-9(12-7-14-8)6-15-11-5-3-2-4-10(11)13/h2-5,7,13H,6H2,1H3. The minimum Gasteiger partial charge on any atom is -0.507 e. The van der Waals surface area contributed by atoms with Gasteiger partial charge >= 0.3 is 0 Å². The lowest BCUT2D eigenvalue weighted by Crippen LogP contribution is -1.83. The second-order valence-electron chi connectivity index (χ2n) is 3.11. The van der Waals surface area contributed by atoms with E-state index in [1.54, 1.807) is 23.9 Å². The van der Waals surface area contributed by atoms with Crippen molar-refractivity contribution in [2.45, 2.75) is 17.6 Å². The number of phenols is 1. The van der Waals surface area contributed by atoms with Crippen LogP contribution in [0.5, 0.6) is 5.75 Å². The van der Waals surface area contributed by atoms with E-state index in [0.717, 1.165) is 16.3 Å². The average Bonchev–Trinajstić information content (AvgIpc) is 2.63. The van der Waals surface area contributed by atoms with Crippen LogP contribution in [0.3, 0.4) is 0 Å². The first-order chi connectivity index (χ1) is 7.27. The summed E-state index contributed by atoms with van der Waals surface area (Å²) in [5.41, 5.74) is 0.920. The van der Waals surface area contributed by atoms with Crippen LogP contribution in [-0.4, -0.2) is 10.1 Å². The average molecular weight is 221 g/mol. The van der Waals surface area contributed by atoms with E-state index in [0.29, 0.717) is 11.5 Å². The first-order valence-electron chi connectivity index (χ1n) is 4.57. The van der Waals surface area contributed by atoms with Gasteiger partial charge in [0.25, 0.3) is 0 Å². The normalized spacial score (nSPS) is 10.5. The smallest absolute Gasteiger partial charge is 0.181 e. The van der Waals surface area contributed by atoms with Gasteiger partial charge in [-0.05, 0) is 19.1 Å². The molecular formula is C11H11NO2S. The van der Waals surface area contributed by atoms with E-state index >= 15 is 0 Å². The third-order valence-corrected chi connectivity index (χ3v) is 3.15. The SMILES string of the molecule is Cc1ocnc1CSc1ccccc1O. The molecule has 0 fully saturated rings. The first kappa shape index (κ1) is 10.1. The third-order valence-electron chi connectivity index (χ3n) is 2.07. The van der Waals surface area contributed by atoms with Gasteiger partial charge in [-0.3, -0.25) is 0 Å². The van der Waals surface area contributed by atoms with Gasteiger partial charge in [-0.2, -0.15) is 0 Å². The molecular weight excluding hydrogens is 210 g/mol. The van der Waals surface area contributed by atoms with Crippen LogP contribution in [0, 0.1) is 6.92 Å². The van der Waals surface area contributed by atoms with Gasteiger partial charge in [-0.25, -0.2) is 4.98 Å². The lowest BCUT2D eigenvalue weighted by molar-refractivity contribution is 0.462. The molecule has 1 N–H and O–H groups in total. The molecule has 0 aliphatic carbocycles. The molecule has 4 heteroatoms. The van der Waals surface area contributed by atoms with Crippen LogP contribution in [0.15, 0.2) is 40.0 Å². The van der Waals surface area contributed by atoms with E-state index in [1.807, 2.05) is 19.1 Å². The highest BCUT2D eigenvalue weighted by Gasteiger charge is 2.05. The number of phenolic OH excluding ortho intramolecular Hbond substituents is 1. The molecule has 0 atom stereocenters. The van der Waals surface area contributed by atoms with Crippen molar-refractivity contribution in [1.82, 2.24) is 4.98 Å². The molecule has 2 aromatic rings. The molecule has 0 spiro atoms. The molecule has 0 saturated heterocycles. The number of thioether (sulfide) groups is 1. The molecule has 78 valence electrons. The monoisotopic (exact) mass is 221 g/mol. The van der Waals surface area contributed by atoms with Crippen LogP contribution in [0.2, 0.25) is 0 Å². The molecule has 2 rings (SSSR count). The first-order valence-corrected chi connectivity index (χ1v) is 5.55. The molecule has 3 nitrogen and oxygen atoms in total. The summed E-state index contributed by atoms with van der Waals surface area (Å²) >= 11 is 1.55. The Morgan fingerprint density at radius 1 is 1.40 bits per heavy atom. The maximum atomic E-state index is 9.54. The van der Waals surface area contributed by atoms with Gasteiger partial charge in [0.1, 0.15) is 11.5 Å². The number of aromatic nitrogens is 1. The van der Waals surface area contributed by atoms with Crippen LogP contribution >= 0.6 is 11.8 Å². The summed E-state index contributed by atoms with van der Waals surface area (Å²) in [5, 5.41) is 9.54. The molecule has 0 aliphatic heterocycles. The zero-order valence-corrected chi connectivity index (χ0v) is 9.12. The summed E-state index contributed by atoms with van der Waals surface area (Å²) in [6, 6.07) is 7.27. The molecule has 15 heavy (non-hydrogen) atoms. The second-order valence-corrected chi connectivity index (χ2v) is 4.13. The molecule has 0 aliphatic rings. The number of rotatable bonds is 3. The Balaban J connectivity index is 2.06. The number of oxazole rings is 1. The van der Waals surface area contributed by atoms with Gasteiger partial charge in [-0.15, -0.1) is 11.8 Å². The van der Waals surface area contributed by atoms with Gasteiger partial charge in [0, 0.05) is 10.6 Å². The predicted molar refractivity (Wildman–Crippen MR) is 58.9 cm³/mol. The van der Waals surface area contributed by atoms with E-state index < -0.39 is 0 Å². The molecule has 1 aromatic heterocycles. The summed E-state index contributed by atoms with van der Waals surface area (Å²) in [4.78, 5) is 4.95. The van der Waals surface area contributed by atoms with Gasteiger partial charge in [0.15, 0.2) is 6.39 Å². The fraction of sp³-hybridized carbons (Fsp3) is 0.182. The van der Waals surface area contributed by atoms with Crippen LogP contribution in [0.4, 0.5) is 0 Å². The largest absolute Gasteiger partial charge is 0.507 e. The molecule has 0 radical (unpaired) electrons. The van der Waals surface area contributed by atoms with E-state index in [-0.39, 0.29) is 0 Å². The minimum absolute atomic E-state index is 0.309. The summed E-state index contributed by atoms with van der Waals surface area (Å²) in [6.45, 7) is 1.88. The van der Waals surface area contributed by atoms with Crippen LogP contribution in [-0.2, 0) is 5.75 Å².